The summed E-state index contributed by atoms with van der Waals surface area (Å²) < 4.78 is 48.6. The Bertz CT molecular complexity index is 445. The van der Waals surface area contributed by atoms with Crippen LogP contribution in [0.3, 0.4) is 0 Å². The van der Waals surface area contributed by atoms with E-state index in [0.717, 1.165) is 23.1 Å². The van der Waals surface area contributed by atoms with Crippen LogP contribution >= 0.6 is 0 Å². The molecule has 0 aliphatic rings. The van der Waals surface area contributed by atoms with Crippen LogP contribution < -0.4 is 0 Å². The highest BCUT2D eigenvalue weighted by molar-refractivity contribution is 5.96. The molecule has 0 bridgehead atoms. The van der Waals surface area contributed by atoms with Gasteiger partial charge in [0.05, 0.1) is 12.0 Å². The first-order chi connectivity index (χ1) is 8.20. The van der Waals surface area contributed by atoms with Crippen LogP contribution in [-0.2, 0) is 0 Å². The first kappa shape index (κ1) is 14.3. The van der Waals surface area contributed by atoms with E-state index in [9.17, 15) is 27.5 Å². The largest absolute Gasteiger partial charge is 0.507 e. The average molecular weight is 265 g/mol. The zero-order chi connectivity index (χ0) is 13.9. The van der Waals surface area contributed by atoms with Gasteiger partial charge in [-0.2, -0.15) is 13.2 Å². The van der Waals surface area contributed by atoms with Gasteiger partial charge < -0.3 is 10.0 Å². The van der Waals surface area contributed by atoms with Gasteiger partial charge in [-0.15, -0.1) is 0 Å². The molecule has 0 fully saturated rings. The lowest BCUT2D eigenvalue weighted by Gasteiger charge is -2.18. The van der Waals surface area contributed by atoms with Crippen molar-refractivity contribution in [3.63, 3.8) is 0 Å². The summed E-state index contributed by atoms with van der Waals surface area (Å²) in [6.45, 7) is -0.529. The monoisotopic (exact) mass is 265 g/mol. The summed E-state index contributed by atoms with van der Waals surface area (Å²) >= 11 is 0. The van der Waals surface area contributed by atoms with Gasteiger partial charge in [0.15, 0.2) is 0 Å². The van der Waals surface area contributed by atoms with E-state index in [1.165, 1.54) is 7.05 Å². The number of phenolic OH excluding ortho intramolecular Hbond substituents is 1. The lowest BCUT2D eigenvalue weighted by Crippen LogP contribution is -2.30. The molecule has 0 unspecified atom stereocenters. The van der Waals surface area contributed by atoms with Gasteiger partial charge in [0.2, 0.25) is 0 Å². The summed E-state index contributed by atoms with van der Waals surface area (Å²) in [6, 6.07) is 2.70. The molecule has 0 saturated heterocycles. The number of amides is 1. The molecule has 0 saturated carbocycles. The van der Waals surface area contributed by atoms with Gasteiger partial charge in [0.25, 0.3) is 5.91 Å². The lowest BCUT2D eigenvalue weighted by atomic mass is 10.1. The first-order valence-corrected chi connectivity index (χ1v) is 5.01. The lowest BCUT2D eigenvalue weighted by molar-refractivity contribution is -0.136. The van der Waals surface area contributed by atoms with Crippen molar-refractivity contribution in [1.29, 1.82) is 0 Å². The van der Waals surface area contributed by atoms with Crippen LogP contribution in [0, 0.1) is 5.82 Å². The van der Waals surface area contributed by atoms with E-state index in [1.54, 1.807) is 0 Å². The highest BCUT2D eigenvalue weighted by Gasteiger charge is 2.28. The van der Waals surface area contributed by atoms with E-state index in [2.05, 4.69) is 0 Å². The minimum Gasteiger partial charge on any atom is -0.507 e. The molecule has 1 N–H and O–H groups in total. The number of hydrogen-bond acceptors (Lipinski definition) is 2. The summed E-state index contributed by atoms with van der Waals surface area (Å²) in [5.41, 5.74) is -0.235. The Morgan fingerprint density at radius 3 is 2.50 bits per heavy atom. The van der Waals surface area contributed by atoms with Crippen molar-refractivity contribution < 1.29 is 27.5 Å². The van der Waals surface area contributed by atoms with Gasteiger partial charge in [0, 0.05) is 19.7 Å². The maximum atomic E-state index is 12.7. The molecule has 1 aromatic rings. The van der Waals surface area contributed by atoms with E-state index >= 15 is 0 Å². The van der Waals surface area contributed by atoms with Gasteiger partial charge >= 0.3 is 6.18 Å². The number of alkyl halides is 3. The maximum absolute atomic E-state index is 12.7. The summed E-state index contributed by atoms with van der Waals surface area (Å²) in [5.74, 6) is -2.13. The summed E-state index contributed by atoms with van der Waals surface area (Å²) in [7, 11) is 1.18. The smallest absolute Gasteiger partial charge is 0.390 e. The molecule has 100 valence electrons. The Labute approximate surface area is 101 Å². The number of rotatable bonds is 3. The quantitative estimate of drug-likeness (QED) is 0.853. The predicted octanol–water partition coefficient (Wildman–Crippen LogP) is 2.56. The molecule has 1 aromatic carbocycles. The summed E-state index contributed by atoms with van der Waals surface area (Å²) in [4.78, 5) is 12.5. The molecule has 0 aliphatic carbocycles. The Balaban J connectivity index is 2.74. The van der Waals surface area contributed by atoms with Gasteiger partial charge in [-0.25, -0.2) is 4.39 Å². The standard InChI is InChI=1S/C11H11F4NO2/c1-16(5-4-11(13,14)15)10(18)8-3-2-7(12)6-9(8)17/h2-3,6,17H,4-5H2,1H3. The fraction of sp³-hybridized carbons (Fsp3) is 0.364. The molecule has 0 spiro atoms. The van der Waals surface area contributed by atoms with Crippen molar-refractivity contribution in [2.45, 2.75) is 12.6 Å². The minimum absolute atomic E-state index is 0.235. The number of phenols is 1. The van der Waals surface area contributed by atoms with Crippen LogP contribution in [0.25, 0.3) is 0 Å². The highest BCUT2D eigenvalue weighted by Crippen LogP contribution is 2.22. The molecule has 7 heteroatoms. The zero-order valence-corrected chi connectivity index (χ0v) is 9.46. The van der Waals surface area contributed by atoms with Crippen LogP contribution in [0.15, 0.2) is 18.2 Å². The Morgan fingerprint density at radius 1 is 1.39 bits per heavy atom. The summed E-state index contributed by atoms with van der Waals surface area (Å²) in [5, 5.41) is 9.33. The SMILES string of the molecule is CN(CCC(F)(F)F)C(=O)c1ccc(F)cc1O. The van der Waals surface area contributed by atoms with Crippen molar-refractivity contribution in [1.82, 2.24) is 4.90 Å². The van der Waals surface area contributed by atoms with Crippen LogP contribution in [0.2, 0.25) is 0 Å². The molecular weight excluding hydrogens is 254 g/mol. The normalized spacial score (nSPS) is 11.4. The van der Waals surface area contributed by atoms with Crippen molar-refractivity contribution in [3.8, 4) is 5.75 Å². The number of halogens is 4. The first-order valence-electron chi connectivity index (χ1n) is 5.01. The second-order valence-electron chi connectivity index (χ2n) is 3.75. The van der Waals surface area contributed by atoms with Crippen molar-refractivity contribution in [2.75, 3.05) is 13.6 Å². The fourth-order valence-corrected chi connectivity index (χ4v) is 1.29. The average Bonchev–Trinajstić information content (AvgIpc) is 2.24. The number of carbonyl (C=O) groups excluding carboxylic acids is 1. The Morgan fingerprint density at radius 2 is 2.00 bits per heavy atom. The number of nitrogens with zero attached hydrogens (tertiary/aromatic N) is 1. The minimum atomic E-state index is -4.36. The third-order valence-electron chi connectivity index (χ3n) is 2.27. The molecule has 18 heavy (non-hydrogen) atoms. The predicted molar refractivity (Wildman–Crippen MR) is 55.7 cm³/mol. The zero-order valence-electron chi connectivity index (χ0n) is 9.46. The third-order valence-corrected chi connectivity index (χ3v) is 2.27. The number of benzene rings is 1. The molecule has 0 aromatic heterocycles. The van der Waals surface area contributed by atoms with Crippen LogP contribution in [0.4, 0.5) is 17.6 Å². The van der Waals surface area contributed by atoms with Crippen LogP contribution in [-0.4, -0.2) is 35.7 Å². The Hall–Kier alpha value is -1.79. The van der Waals surface area contributed by atoms with Gasteiger partial charge in [-0.1, -0.05) is 0 Å². The van der Waals surface area contributed by atoms with Crippen molar-refractivity contribution >= 4 is 5.91 Å². The maximum Gasteiger partial charge on any atom is 0.390 e. The molecule has 0 radical (unpaired) electrons. The van der Waals surface area contributed by atoms with Crippen molar-refractivity contribution in [2.24, 2.45) is 0 Å². The van der Waals surface area contributed by atoms with E-state index in [4.69, 9.17) is 0 Å². The van der Waals surface area contributed by atoms with Gasteiger partial charge in [-0.3, -0.25) is 4.79 Å². The second kappa shape index (κ2) is 5.24. The topological polar surface area (TPSA) is 40.5 Å². The third kappa shape index (κ3) is 3.90. The van der Waals surface area contributed by atoms with E-state index in [1.807, 2.05) is 0 Å². The fourth-order valence-electron chi connectivity index (χ4n) is 1.29. The molecular formula is C11H11F4NO2. The number of aromatic hydroxyl groups is 1. The molecule has 3 nitrogen and oxygen atoms in total. The second-order valence-corrected chi connectivity index (χ2v) is 3.75. The number of hydrogen-bond donors (Lipinski definition) is 1. The molecule has 0 aliphatic heterocycles. The van der Waals surface area contributed by atoms with Crippen molar-refractivity contribution in [3.05, 3.63) is 29.6 Å². The molecule has 0 atom stereocenters. The van der Waals surface area contributed by atoms with Crippen LogP contribution in [0.5, 0.6) is 5.75 Å². The molecule has 0 heterocycles. The van der Waals surface area contributed by atoms with E-state index in [0.29, 0.717) is 0 Å². The molecule has 1 amide bonds. The van der Waals surface area contributed by atoms with E-state index in [-0.39, 0.29) is 5.56 Å². The van der Waals surface area contributed by atoms with Gasteiger partial charge in [0.1, 0.15) is 11.6 Å². The van der Waals surface area contributed by atoms with Gasteiger partial charge in [-0.05, 0) is 12.1 Å². The summed E-state index contributed by atoms with van der Waals surface area (Å²) in [6.07, 6.45) is -5.50. The van der Waals surface area contributed by atoms with E-state index < -0.39 is 36.6 Å². The molecule has 1 rings (SSSR count). The number of carbonyl (C=O) groups is 1. The van der Waals surface area contributed by atoms with Crippen LogP contribution in [0.1, 0.15) is 16.8 Å². The Kier molecular flexibility index (Phi) is 4.15. The highest BCUT2D eigenvalue weighted by atomic mass is 19.4.